The van der Waals surface area contributed by atoms with Crippen LogP contribution in [0.2, 0.25) is 0 Å². The molecule has 0 unspecified atom stereocenters. The summed E-state index contributed by atoms with van der Waals surface area (Å²) in [5, 5.41) is 12.4. The summed E-state index contributed by atoms with van der Waals surface area (Å²) in [6, 6.07) is 1.20. The third-order valence-electron chi connectivity index (χ3n) is 4.08. The lowest BCUT2D eigenvalue weighted by Crippen LogP contribution is -2.42. The Hall–Kier alpha value is -1.89. The molecule has 7 heteroatoms. The SMILES string of the molecule is O=C(Cc1cc(=O)[nH]c(=O)[nH]1)NCC1(CO)CCCCC1. The third kappa shape index (κ3) is 4.29. The summed E-state index contributed by atoms with van der Waals surface area (Å²) in [5.41, 5.74) is -1.09. The fourth-order valence-corrected chi connectivity index (χ4v) is 2.83. The minimum atomic E-state index is -0.621. The quantitative estimate of drug-likeness (QED) is 0.595. The van der Waals surface area contributed by atoms with Gasteiger partial charge in [-0.3, -0.25) is 14.6 Å². The molecule has 4 N–H and O–H groups in total. The van der Waals surface area contributed by atoms with Gasteiger partial charge >= 0.3 is 5.69 Å². The summed E-state index contributed by atoms with van der Waals surface area (Å²) in [7, 11) is 0. The molecule has 7 nitrogen and oxygen atoms in total. The number of hydrogen-bond acceptors (Lipinski definition) is 4. The molecular weight excluding hydrogens is 274 g/mol. The van der Waals surface area contributed by atoms with E-state index in [9.17, 15) is 19.5 Å². The first kappa shape index (κ1) is 15.5. The van der Waals surface area contributed by atoms with E-state index in [1.165, 1.54) is 12.5 Å². The summed E-state index contributed by atoms with van der Waals surface area (Å²) >= 11 is 0. The van der Waals surface area contributed by atoms with Gasteiger partial charge < -0.3 is 15.4 Å². The first-order valence-corrected chi connectivity index (χ1v) is 7.23. The van der Waals surface area contributed by atoms with E-state index >= 15 is 0 Å². The lowest BCUT2D eigenvalue weighted by Gasteiger charge is -2.35. The van der Waals surface area contributed by atoms with E-state index in [2.05, 4.69) is 15.3 Å². The number of carbonyl (C=O) groups is 1. The number of carbonyl (C=O) groups excluding carboxylic acids is 1. The molecule has 116 valence electrons. The van der Waals surface area contributed by atoms with E-state index in [1.807, 2.05) is 0 Å². The second-order valence-corrected chi connectivity index (χ2v) is 5.79. The van der Waals surface area contributed by atoms with Crippen molar-refractivity contribution in [2.45, 2.75) is 38.5 Å². The zero-order chi connectivity index (χ0) is 15.3. The molecule has 0 saturated heterocycles. The molecule has 21 heavy (non-hydrogen) atoms. The predicted molar refractivity (Wildman–Crippen MR) is 77.0 cm³/mol. The van der Waals surface area contributed by atoms with Crippen molar-refractivity contribution in [3.05, 3.63) is 32.6 Å². The van der Waals surface area contributed by atoms with Crippen LogP contribution in [-0.4, -0.2) is 34.1 Å². The maximum absolute atomic E-state index is 11.9. The van der Waals surface area contributed by atoms with Crippen LogP contribution in [0.5, 0.6) is 0 Å². The Labute approximate surface area is 121 Å². The van der Waals surface area contributed by atoms with E-state index in [1.54, 1.807) is 0 Å². The molecular formula is C14H21N3O4. The molecule has 0 radical (unpaired) electrons. The highest BCUT2D eigenvalue weighted by molar-refractivity contribution is 5.78. The standard InChI is InChI=1S/C14H21N3O4/c18-9-14(4-2-1-3-5-14)8-15-11(19)6-10-7-12(20)17-13(21)16-10/h7,18H,1-6,8-9H2,(H,15,19)(H2,16,17,20,21). The van der Waals surface area contributed by atoms with Gasteiger partial charge in [0.2, 0.25) is 5.91 Å². The van der Waals surface area contributed by atoms with Gasteiger partial charge in [0, 0.05) is 23.7 Å². The van der Waals surface area contributed by atoms with Crippen molar-refractivity contribution in [1.29, 1.82) is 0 Å². The molecule has 1 amide bonds. The summed E-state index contributed by atoms with van der Waals surface area (Å²) in [4.78, 5) is 38.7. The van der Waals surface area contributed by atoms with E-state index in [0.29, 0.717) is 6.54 Å². The molecule has 0 atom stereocenters. The number of aliphatic hydroxyl groups is 1. The second kappa shape index (κ2) is 6.71. The van der Waals surface area contributed by atoms with Gasteiger partial charge in [-0.05, 0) is 12.8 Å². The largest absolute Gasteiger partial charge is 0.396 e. The van der Waals surface area contributed by atoms with E-state index < -0.39 is 11.2 Å². The highest BCUT2D eigenvalue weighted by Crippen LogP contribution is 2.35. The first-order chi connectivity index (χ1) is 10.0. The molecule has 0 aromatic carbocycles. The highest BCUT2D eigenvalue weighted by atomic mass is 16.3. The normalized spacial score (nSPS) is 17.4. The zero-order valence-electron chi connectivity index (χ0n) is 11.9. The molecule has 0 aliphatic heterocycles. The Morgan fingerprint density at radius 1 is 1.24 bits per heavy atom. The van der Waals surface area contributed by atoms with Crippen molar-refractivity contribution in [2.24, 2.45) is 5.41 Å². The molecule has 1 fully saturated rings. The Kier molecular flexibility index (Phi) is 4.95. The molecule has 1 aliphatic carbocycles. The molecule has 0 bridgehead atoms. The van der Waals surface area contributed by atoms with Crippen LogP contribution in [0, 0.1) is 5.41 Å². The van der Waals surface area contributed by atoms with Gasteiger partial charge in [-0.2, -0.15) is 0 Å². The van der Waals surface area contributed by atoms with Gasteiger partial charge in [0.25, 0.3) is 5.56 Å². The summed E-state index contributed by atoms with van der Waals surface area (Å²) in [6.07, 6.45) is 5.07. The Morgan fingerprint density at radius 2 is 1.95 bits per heavy atom. The van der Waals surface area contributed by atoms with Crippen molar-refractivity contribution in [3.8, 4) is 0 Å². The fraction of sp³-hybridized carbons (Fsp3) is 0.643. The average Bonchev–Trinajstić information content (AvgIpc) is 2.45. The molecule has 2 rings (SSSR count). The molecule has 1 aliphatic rings. The van der Waals surface area contributed by atoms with Gasteiger partial charge in [-0.15, -0.1) is 0 Å². The number of H-pyrrole nitrogens is 2. The van der Waals surface area contributed by atoms with Gasteiger partial charge in [-0.1, -0.05) is 19.3 Å². The number of aromatic amines is 2. The van der Waals surface area contributed by atoms with Crippen molar-refractivity contribution < 1.29 is 9.90 Å². The van der Waals surface area contributed by atoms with Crippen LogP contribution in [-0.2, 0) is 11.2 Å². The van der Waals surface area contributed by atoms with Gasteiger partial charge in [0.15, 0.2) is 0 Å². The topological polar surface area (TPSA) is 115 Å². The van der Waals surface area contributed by atoms with Crippen LogP contribution >= 0.6 is 0 Å². The minimum Gasteiger partial charge on any atom is -0.396 e. The van der Waals surface area contributed by atoms with Crippen LogP contribution in [0.3, 0.4) is 0 Å². The van der Waals surface area contributed by atoms with Gasteiger partial charge in [0.1, 0.15) is 0 Å². The van der Waals surface area contributed by atoms with Crippen LogP contribution in [0.15, 0.2) is 15.7 Å². The van der Waals surface area contributed by atoms with E-state index in [4.69, 9.17) is 0 Å². The molecule has 1 aromatic rings. The van der Waals surface area contributed by atoms with Crippen molar-refractivity contribution in [3.63, 3.8) is 0 Å². The fourth-order valence-electron chi connectivity index (χ4n) is 2.83. The van der Waals surface area contributed by atoms with E-state index in [-0.39, 0.29) is 30.0 Å². The molecule has 1 aromatic heterocycles. The van der Waals surface area contributed by atoms with Gasteiger partial charge in [-0.25, -0.2) is 4.79 Å². The number of rotatable bonds is 5. The number of aliphatic hydroxyl groups excluding tert-OH is 1. The Balaban J connectivity index is 1.92. The Morgan fingerprint density at radius 3 is 2.57 bits per heavy atom. The third-order valence-corrected chi connectivity index (χ3v) is 4.08. The number of hydrogen-bond donors (Lipinski definition) is 4. The minimum absolute atomic E-state index is 0.0549. The van der Waals surface area contributed by atoms with Crippen molar-refractivity contribution in [1.82, 2.24) is 15.3 Å². The van der Waals surface area contributed by atoms with Crippen LogP contribution < -0.4 is 16.6 Å². The molecule has 1 heterocycles. The van der Waals surface area contributed by atoms with Crippen LogP contribution in [0.1, 0.15) is 37.8 Å². The van der Waals surface area contributed by atoms with Crippen molar-refractivity contribution in [2.75, 3.05) is 13.2 Å². The first-order valence-electron chi connectivity index (χ1n) is 7.23. The lowest BCUT2D eigenvalue weighted by atomic mass is 9.74. The monoisotopic (exact) mass is 295 g/mol. The lowest BCUT2D eigenvalue weighted by molar-refractivity contribution is -0.121. The summed E-state index contributed by atoms with van der Waals surface area (Å²) in [5.74, 6) is -0.269. The zero-order valence-corrected chi connectivity index (χ0v) is 11.9. The number of aromatic nitrogens is 2. The van der Waals surface area contributed by atoms with Gasteiger partial charge in [0.05, 0.1) is 13.0 Å². The smallest absolute Gasteiger partial charge is 0.325 e. The van der Waals surface area contributed by atoms with Crippen LogP contribution in [0.25, 0.3) is 0 Å². The highest BCUT2D eigenvalue weighted by Gasteiger charge is 2.31. The summed E-state index contributed by atoms with van der Waals surface area (Å²) < 4.78 is 0. The number of nitrogens with one attached hydrogen (secondary N) is 3. The average molecular weight is 295 g/mol. The van der Waals surface area contributed by atoms with Crippen molar-refractivity contribution >= 4 is 5.91 Å². The number of amides is 1. The molecule has 0 spiro atoms. The molecule has 1 saturated carbocycles. The van der Waals surface area contributed by atoms with Crippen LogP contribution in [0.4, 0.5) is 0 Å². The second-order valence-electron chi connectivity index (χ2n) is 5.79. The maximum atomic E-state index is 11.9. The predicted octanol–water partition coefficient (Wildman–Crippen LogP) is -0.335. The van der Waals surface area contributed by atoms with E-state index in [0.717, 1.165) is 25.7 Å². The Bertz CT molecular complexity index is 570. The maximum Gasteiger partial charge on any atom is 0.325 e. The summed E-state index contributed by atoms with van der Waals surface area (Å²) in [6.45, 7) is 0.491.